The fourth-order valence-electron chi connectivity index (χ4n) is 6.34. The van der Waals surface area contributed by atoms with Gasteiger partial charge < -0.3 is 19.6 Å². The summed E-state index contributed by atoms with van der Waals surface area (Å²) < 4.78 is 5.14. The van der Waals surface area contributed by atoms with E-state index >= 15 is 0 Å². The first-order valence-electron chi connectivity index (χ1n) is 11.3. The molecule has 1 aliphatic carbocycles. The number of nitrogens with one attached hydrogen (secondary N) is 1. The lowest BCUT2D eigenvalue weighted by Gasteiger charge is -2.48. The van der Waals surface area contributed by atoms with E-state index in [2.05, 4.69) is 15.1 Å². The maximum Gasteiger partial charge on any atom is 0.409 e. The highest BCUT2D eigenvalue weighted by atomic mass is 16.6. The van der Waals surface area contributed by atoms with Crippen LogP contribution in [0.3, 0.4) is 0 Å². The van der Waals surface area contributed by atoms with Gasteiger partial charge in [-0.05, 0) is 77.9 Å². The molecule has 3 atom stereocenters. The third-order valence-electron chi connectivity index (χ3n) is 7.80. The van der Waals surface area contributed by atoms with Crippen LogP contribution in [-0.4, -0.2) is 90.7 Å². The van der Waals surface area contributed by atoms with Gasteiger partial charge in [0.2, 0.25) is 0 Å². The minimum atomic E-state index is -0.499. The van der Waals surface area contributed by atoms with E-state index in [1.807, 2.05) is 18.9 Å². The molecule has 7 nitrogen and oxygen atoms in total. The molecule has 4 fully saturated rings. The number of rotatable bonds is 5. The summed E-state index contributed by atoms with van der Waals surface area (Å²) in [6, 6.07) is 1.22. The Kier molecular flexibility index (Phi) is 6.16. The summed E-state index contributed by atoms with van der Waals surface area (Å²) in [5.74, 6) is 0.708. The van der Waals surface area contributed by atoms with E-state index in [0.29, 0.717) is 30.0 Å². The summed E-state index contributed by atoms with van der Waals surface area (Å²) in [4.78, 5) is 18.7. The van der Waals surface area contributed by atoms with Gasteiger partial charge in [0, 0.05) is 37.1 Å². The standard InChI is InChI=1S/C21H38N4O3/c1-3-28-20(27)24-14-21(15-24)9-6-17(13-21)23-11-7-16(8-12-23)18-5-4-10-25(18)19(26)22-2/h16-19,22,26H,3-15H2,1-2H3/t17?,18-,19?/m0/s1. The lowest BCUT2D eigenvalue weighted by Crippen LogP contribution is -2.58. The number of piperidine rings is 1. The van der Waals surface area contributed by atoms with Crippen molar-refractivity contribution < 1.29 is 14.6 Å². The van der Waals surface area contributed by atoms with Crippen LogP contribution in [-0.2, 0) is 4.74 Å². The molecule has 4 aliphatic rings. The highest BCUT2D eigenvalue weighted by Gasteiger charge is 2.51. The molecule has 160 valence electrons. The highest BCUT2D eigenvalue weighted by molar-refractivity contribution is 5.69. The number of hydrogen-bond acceptors (Lipinski definition) is 6. The van der Waals surface area contributed by atoms with E-state index in [9.17, 15) is 9.90 Å². The number of likely N-dealkylation sites (tertiary alicyclic amines) is 3. The van der Waals surface area contributed by atoms with E-state index in [1.54, 1.807) is 0 Å². The molecule has 0 bridgehead atoms. The third-order valence-corrected chi connectivity index (χ3v) is 7.80. The number of hydrogen-bond donors (Lipinski definition) is 2. The summed E-state index contributed by atoms with van der Waals surface area (Å²) in [5, 5.41) is 13.2. The largest absolute Gasteiger partial charge is 0.450 e. The Morgan fingerprint density at radius 1 is 1.21 bits per heavy atom. The van der Waals surface area contributed by atoms with Crippen molar-refractivity contribution in [3.63, 3.8) is 0 Å². The van der Waals surface area contributed by atoms with Crippen LogP contribution in [0.25, 0.3) is 0 Å². The van der Waals surface area contributed by atoms with Crippen molar-refractivity contribution in [1.82, 2.24) is 20.0 Å². The molecule has 0 aromatic carbocycles. The molecule has 0 aromatic rings. The molecule has 2 unspecified atom stereocenters. The van der Waals surface area contributed by atoms with Crippen molar-refractivity contribution >= 4 is 6.09 Å². The number of aliphatic hydroxyl groups excluding tert-OH is 1. The molecule has 3 heterocycles. The van der Waals surface area contributed by atoms with Crippen LogP contribution < -0.4 is 5.32 Å². The predicted molar refractivity (Wildman–Crippen MR) is 108 cm³/mol. The van der Waals surface area contributed by atoms with Crippen LogP contribution in [0.5, 0.6) is 0 Å². The molecule has 0 radical (unpaired) electrons. The lowest BCUT2D eigenvalue weighted by atomic mass is 9.78. The topological polar surface area (TPSA) is 68.3 Å². The van der Waals surface area contributed by atoms with Crippen LogP contribution in [0.2, 0.25) is 0 Å². The maximum absolute atomic E-state index is 11.9. The van der Waals surface area contributed by atoms with Gasteiger partial charge in [-0.1, -0.05) is 0 Å². The van der Waals surface area contributed by atoms with Gasteiger partial charge >= 0.3 is 6.09 Å². The fraction of sp³-hybridized carbons (Fsp3) is 0.952. The van der Waals surface area contributed by atoms with Gasteiger partial charge in [0.15, 0.2) is 6.35 Å². The molecule has 3 saturated heterocycles. The van der Waals surface area contributed by atoms with E-state index in [4.69, 9.17) is 4.74 Å². The van der Waals surface area contributed by atoms with Crippen LogP contribution >= 0.6 is 0 Å². The normalized spacial score (nSPS) is 32.6. The second-order valence-corrected chi connectivity index (χ2v) is 9.43. The molecule has 3 aliphatic heterocycles. The van der Waals surface area contributed by atoms with Gasteiger partial charge in [0.05, 0.1) is 6.61 Å². The lowest BCUT2D eigenvalue weighted by molar-refractivity contribution is -0.0464. The van der Waals surface area contributed by atoms with Gasteiger partial charge in [0.1, 0.15) is 0 Å². The third kappa shape index (κ3) is 3.91. The molecule has 7 heteroatoms. The number of carbonyl (C=O) groups is 1. The quantitative estimate of drug-likeness (QED) is 0.692. The Balaban J connectivity index is 1.24. The Morgan fingerprint density at radius 3 is 2.64 bits per heavy atom. The Hall–Kier alpha value is -0.890. The second kappa shape index (κ2) is 8.46. The Bertz CT molecular complexity index is 546. The Labute approximate surface area is 169 Å². The van der Waals surface area contributed by atoms with Crippen LogP contribution in [0.4, 0.5) is 4.79 Å². The molecule has 2 N–H and O–H groups in total. The molecule has 1 saturated carbocycles. The minimum absolute atomic E-state index is 0.137. The molecule has 0 aromatic heterocycles. The predicted octanol–water partition coefficient (Wildman–Crippen LogP) is 1.67. The fourth-order valence-corrected chi connectivity index (χ4v) is 6.34. The molecule has 4 rings (SSSR count). The maximum atomic E-state index is 11.9. The van der Waals surface area contributed by atoms with Gasteiger partial charge in [-0.25, -0.2) is 4.79 Å². The van der Waals surface area contributed by atoms with Gasteiger partial charge in [-0.3, -0.25) is 10.2 Å². The summed E-state index contributed by atoms with van der Waals surface area (Å²) in [6.45, 7) is 7.49. The number of ether oxygens (including phenoxy) is 1. The number of amides is 1. The summed E-state index contributed by atoms with van der Waals surface area (Å²) in [5.41, 5.74) is 0.355. The zero-order chi connectivity index (χ0) is 19.7. The first-order valence-corrected chi connectivity index (χ1v) is 11.3. The van der Waals surface area contributed by atoms with Crippen molar-refractivity contribution in [3.05, 3.63) is 0 Å². The van der Waals surface area contributed by atoms with Crippen molar-refractivity contribution in [2.45, 2.75) is 70.3 Å². The van der Waals surface area contributed by atoms with Crippen LogP contribution in [0, 0.1) is 11.3 Å². The first kappa shape index (κ1) is 20.4. The van der Waals surface area contributed by atoms with E-state index in [-0.39, 0.29) is 6.09 Å². The minimum Gasteiger partial charge on any atom is -0.450 e. The average Bonchev–Trinajstić information content (AvgIpc) is 3.34. The average molecular weight is 395 g/mol. The van der Waals surface area contributed by atoms with E-state index in [1.165, 1.54) is 58.0 Å². The van der Waals surface area contributed by atoms with E-state index in [0.717, 1.165) is 19.6 Å². The molecule has 1 amide bonds. The van der Waals surface area contributed by atoms with Crippen molar-refractivity contribution in [2.75, 3.05) is 46.4 Å². The van der Waals surface area contributed by atoms with Crippen LogP contribution in [0.15, 0.2) is 0 Å². The summed E-state index contributed by atoms with van der Waals surface area (Å²) in [6.07, 6.45) is 8.04. The Morgan fingerprint density at radius 2 is 1.96 bits per heavy atom. The first-order chi connectivity index (χ1) is 13.5. The van der Waals surface area contributed by atoms with Crippen molar-refractivity contribution in [2.24, 2.45) is 11.3 Å². The zero-order valence-corrected chi connectivity index (χ0v) is 17.6. The number of nitrogens with zero attached hydrogens (tertiary/aromatic N) is 3. The van der Waals surface area contributed by atoms with Crippen molar-refractivity contribution in [1.29, 1.82) is 0 Å². The molecule has 1 spiro atoms. The number of carbonyl (C=O) groups excluding carboxylic acids is 1. The van der Waals surface area contributed by atoms with E-state index < -0.39 is 6.35 Å². The van der Waals surface area contributed by atoms with Gasteiger partial charge in [-0.15, -0.1) is 0 Å². The SMILES string of the molecule is CCOC(=O)N1CC2(CCC(N3CCC([C@@H]4CCCN4C(O)NC)CC3)C2)C1. The molecular weight excluding hydrogens is 356 g/mol. The number of aliphatic hydroxyl groups is 1. The van der Waals surface area contributed by atoms with Gasteiger partial charge in [0.25, 0.3) is 0 Å². The smallest absolute Gasteiger partial charge is 0.409 e. The van der Waals surface area contributed by atoms with Crippen molar-refractivity contribution in [3.8, 4) is 0 Å². The summed E-state index contributed by atoms with van der Waals surface area (Å²) in [7, 11) is 1.84. The monoisotopic (exact) mass is 394 g/mol. The van der Waals surface area contributed by atoms with Crippen LogP contribution in [0.1, 0.15) is 51.9 Å². The highest BCUT2D eigenvalue weighted by Crippen LogP contribution is 2.48. The molecule has 28 heavy (non-hydrogen) atoms. The zero-order valence-electron chi connectivity index (χ0n) is 17.6. The second-order valence-electron chi connectivity index (χ2n) is 9.43. The van der Waals surface area contributed by atoms with Gasteiger partial charge in [-0.2, -0.15) is 0 Å². The summed E-state index contributed by atoms with van der Waals surface area (Å²) >= 11 is 0. The molecular formula is C21H38N4O3.